The van der Waals surface area contributed by atoms with Crippen LogP contribution in [-0.4, -0.2) is 15.0 Å². The molecule has 1 aliphatic carbocycles. The van der Waals surface area contributed by atoms with Gasteiger partial charge >= 0.3 is 0 Å². The van der Waals surface area contributed by atoms with E-state index in [-0.39, 0.29) is 0 Å². The fourth-order valence-electron chi connectivity index (χ4n) is 2.62. The van der Waals surface area contributed by atoms with Gasteiger partial charge in [-0.05, 0) is 43.5 Å². The van der Waals surface area contributed by atoms with Crippen LogP contribution in [0.3, 0.4) is 0 Å². The van der Waals surface area contributed by atoms with Gasteiger partial charge in [-0.25, -0.2) is 4.98 Å². The lowest BCUT2D eigenvalue weighted by atomic mass is 10.0. The molecule has 3 aromatic rings. The number of rotatable bonds is 2. The first-order valence-corrected chi connectivity index (χ1v) is 7.59. The van der Waals surface area contributed by atoms with E-state index in [1.165, 1.54) is 12.8 Å². The van der Waals surface area contributed by atoms with Crippen molar-refractivity contribution in [3.8, 4) is 11.3 Å². The van der Waals surface area contributed by atoms with Gasteiger partial charge in [0.25, 0.3) is 0 Å². The summed E-state index contributed by atoms with van der Waals surface area (Å²) in [7, 11) is 0. The zero-order valence-electron chi connectivity index (χ0n) is 11.8. The van der Waals surface area contributed by atoms with E-state index < -0.39 is 0 Å². The minimum absolute atomic E-state index is 0.563. The highest BCUT2D eigenvalue weighted by molar-refractivity contribution is 7.71. The van der Waals surface area contributed by atoms with Crippen LogP contribution in [0.2, 0.25) is 0 Å². The second-order valence-corrected chi connectivity index (χ2v) is 6.00. The lowest BCUT2D eigenvalue weighted by Crippen LogP contribution is -1.99. The van der Waals surface area contributed by atoms with Crippen molar-refractivity contribution in [2.24, 2.45) is 0 Å². The number of fused-ring (bicyclic) bond motifs is 1. The summed E-state index contributed by atoms with van der Waals surface area (Å²) in [5.41, 5.74) is 4.28. The van der Waals surface area contributed by atoms with Gasteiger partial charge < -0.3 is 4.98 Å². The van der Waals surface area contributed by atoms with Gasteiger partial charge in [0.1, 0.15) is 10.5 Å². The van der Waals surface area contributed by atoms with Crippen molar-refractivity contribution in [2.45, 2.75) is 25.7 Å². The second-order valence-electron chi connectivity index (χ2n) is 5.61. The van der Waals surface area contributed by atoms with Crippen LogP contribution >= 0.6 is 12.2 Å². The van der Waals surface area contributed by atoms with Crippen molar-refractivity contribution in [1.82, 2.24) is 15.0 Å². The van der Waals surface area contributed by atoms with Crippen LogP contribution in [0.25, 0.3) is 22.2 Å². The molecule has 0 amide bonds. The van der Waals surface area contributed by atoms with Gasteiger partial charge in [0.15, 0.2) is 0 Å². The predicted octanol–water partition coefficient (Wildman–Crippen LogP) is 4.54. The molecule has 0 spiro atoms. The third kappa shape index (κ3) is 2.25. The van der Waals surface area contributed by atoms with Gasteiger partial charge in [-0.2, -0.15) is 0 Å². The van der Waals surface area contributed by atoms with Crippen LogP contribution in [0, 0.1) is 11.6 Å². The summed E-state index contributed by atoms with van der Waals surface area (Å²) in [6, 6.07) is 10.4. The fourth-order valence-corrected chi connectivity index (χ4v) is 2.82. The summed E-state index contributed by atoms with van der Waals surface area (Å²) < 4.78 is 0.705. The van der Waals surface area contributed by atoms with E-state index in [0.29, 0.717) is 10.6 Å². The van der Waals surface area contributed by atoms with Crippen molar-refractivity contribution < 1.29 is 0 Å². The molecule has 4 heteroatoms. The predicted molar refractivity (Wildman–Crippen MR) is 86.9 cm³/mol. The molecule has 0 saturated heterocycles. The summed E-state index contributed by atoms with van der Waals surface area (Å²) in [5, 5.41) is 1.14. The number of nitrogens with one attached hydrogen (secondary N) is 1. The van der Waals surface area contributed by atoms with E-state index in [9.17, 15) is 0 Å². The molecule has 104 valence electrons. The van der Waals surface area contributed by atoms with E-state index in [0.717, 1.165) is 33.5 Å². The Labute approximate surface area is 128 Å². The largest absolute Gasteiger partial charge is 0.343 e. The van der Waals surface area contributed by atoms with Crippen LogP contribution in [0.4, 0.5) is 0 Å². The summed E-state index contributed by atoms with van der Waals surface area (Å²) in [5.74, 6) is 1.60. The number of hydrogen-bond acceptors (Lipinski definition) is 3. The Bertz CT molecular complexity index is 894. The highest BCUT2D eigenvalue weighted by atomic mass is 32.1. The van der Waals surface area contributed by atoms with Crippen molar-refractivity contribution >= 4 is 23.1 Å². The smallest absolute Gasteiger partial charge is 0.133 e. The molecule has 4 rings (SSSR count). The Morgan fingerprint density at radius 1 is 1.24 bits per heavy atom. The molecule has 1 aromatic carbocycles. The summed E-state index contributed by atoms with van der Waals surface area (Å²) >= 11 is 5.43. The molecule has 1 fully saturated rings. The highest BCUT2D eigenvalue weighted by Gasteiger charge is 2.26. The molecule has 2 heterocycles. The maximum Gasteiger partial charge on any atom is 0.133 e. The molecule has 21 heavy (non-hydrogen) atoms. The van der Waals surface area contributed by atoms with Crippen LogP contribution in [0.15, 0.2) is 36.5 Å². The molecule has 0 radical (unpaired) electrons. The van der Waals surface area contributed by atoms with Gasteiger partial charge in [-0.1, -0.05) is 24.4 Å². The molecule has 1 aliphatic rings. The molecule has 3 nitrogen and oxygen atoms in total. The second kappa shape index (κ2) is 4.74. The first-order valence-electron chi connectivity index (χ1n) is 7.18. The Kier molecular flexibility index (Phi) is 2.86. The lowest BCUT2D eigenvalue weighted by molar-refractivity contribution is 0.914. The lowest BCUT2D eigenvalue weighted by Gasteiger charge is -2.10. The molecule has 0 unspecified atom stereocenters. The van der Waals surface area contributed by atoms with E-state index in [1.807, 2.05) is 19.2 Å². The number of H-pyrrole nitrogens is 1. The van der Waals surface area contributed by atoms with Gasteiger partial charge in [0.05, 0.1) is 11.2 Å². The molecular weight excluding hydrogens is 278 g/mol. The average molecular weight is 293 g/mol. The molecule has 0 bridgehead atoms. The minimum atomic E-state index is 0.563. The quantitative estimate of drug-likeness (QED) is 0.705. The third-order valence-corrected chi connectivity index (χ3v) is 4.42. The Balaban J connectivity index is 1.92. The molecule has 0 atom stereocenters. The zero-order valence-corrected chi connectivity index (χ0v) is 12.6. The Morgan fingerprint density at radius 2 is 2.10 bits per heavy atom. The van der Waals surface area contributed by atoms with Crippen molar-refractivity contribution in [1.29, 1.82) is 0 Å². The van der Waals surface area contributed by atoms with Crippen LogP contribution < -0.4 is 0 Å². The number of aromatic amines is 1. The monoisotopic (exact) mass is 293 g/mol. The standard InChI is InChI=1S/C17H15N3S/c1-10-15(19-16(11-4-5-11)20-17(10)21)13-6-7-14-12(9-13)3-2-8-18-14/h2-3,6-9,11H,4-5H2,1H3,(H,19,20,21). The van der Waals surface area contributed by atoms with Gasteiger partial charge in [0, 0.05) is 23.1 Å². The van der Waals surface area contributed by atoms with E-state index in [2.05, 4.69) is 39.2 Å². The number of benzene rings is 1. The first-order chi connectivity index (χ1) is 10.2. The maximum absolute atomic E-state index is 5.43. The summed E-state index contributed by atoms with van der Waals surface area (Å²) in [6.07, 6.45) is 4.24. The van der Waals surface area contributed by atoms with Crippen LogP contribution in [0.5, 0.6) is 0 Å². The zero-order chi connectivity index (χ0) is 14.4. The number of nitrogens with zero attached hydrogens (tertiary/aromatic N) is 2. The SMILES string of the molecule is Cc1c(-c2ccc3ncccc3c2)[nH]c(C2CC2)nc1=S. The molecule has 2 aromatic heterocycles. The number of aromatic nitrogens is 3. The normalized spacial score (nSPS) is 14.5. The maximum atomic E-state index is 5.43. The van der Waals surface area contributed by atoms with Crippen molar-refractivity contribution in [3.63, 3.8) is 0 Å². The third-order valence-electron chi connectivity index (χ3n) is 4.03. The highest BCUT2D eigenvalue weighted by Crippen LogP contribution is 2.39. The molecule has 0 aliphatic heterocycles. The number of hydrogen-bond donors (Lipinski definition) is 1. The minimum Gasteiger partial charge on any atom is -0.343 e. The van der Waals surface area contributed by atoms with Crippen molar-refractivity contribution in [2.75, 3.05) is 0 Å². The average Bonchev–Trinajstić information content (AvgIpc) is 3.34. The van der Waals surface area contributed by atoms with Gasteiger partial charge in [0.2, 0.25) is 0 Å². The van der Waals surface area contributed by atoms with E-state index in [1.54, 1.807) is 0 Å². The Hall–Kier alpha value is -2.07. The fraction of sp³-hybridized carbons (Fsp3) is 0.235. The number of pyridine rings is 1. The molecule has 1 saturated carbocycles. The Morgan fingerprint density at radius 3 is 2.90 bits per heavy atom. The van der Waals surface area contributed by atoms with Crippen LogP contribution in [0.1, 0.15) is 30.1 Å². The van der Waals surface area contributed by atoms with E-state index >= 15 is 0 Å². The van der Waals surface area contributed by atoms with Crippen molar-refractivity contribution in [3.05, 3.63) is 52.6 Å². The first kappa shape index (κ1) is 12.7. The summed E-state index contributed by atoms with van der Waals surface area (Å²) in [6.45, 7) is 2.03. The van der Waals surface area contributed by atoms with Gasteiger partial charge in [-0.15, -0.1) is 0 Å². The van der Waals surface area contributed by atoms with E-state index in [4.69, 9.17) is 12.2 Å². The van der Waals surface area contributed by atoms with Crippen LogP contribution in [-0.2, 0) is 0 Å². The molecular formula is C17H15N3S. The molecule has 1 N–H and O–H groups in total. The topological polar surface area (TPSA) is 41.6 Å². The summed E-state index contributed by atoms with van der Waals surface area (Å²) in [4.78, 5) is 12.4. The van der Waals surface area contributed by atoms with Gasteiger partial charge in [-0.3, -0.25) is 4.98 Å².